The van der Waals surface area contributed by atoms with Crippen LogP contribution in [0.5, 0.6) is 0 Å². The molecule has 1 unspecified atom stereocenters. The molecule has 74 valence electrons. The van der Waals surface area contributed by atoms with Gasteiger partial charge in [0, 0.05) is 11.3 Å². The highest BCUT2D eigenvalue weighted by molar-refractivity contribution is 5.05. The highest BCUT2D eigenvalue weighted by Crippen LogP contribution is 2.24. The zero-order chi connectivity index (χ0) is 10.1. The van der Waals surface area contributed by atoms with Crippen LogP contribution < -0.4 is 0 Å². The fourth-order valence-corrected chi connectivity index (χ4v) is 0.951. The summed E-state index contributed by atoms with van der Waals surface area (Å²) in [7, 11) is 0. The third-order valence-corrected chi connectivity index (χ3v) is 1.92. The van der Waals surface area contributed by atoms with Gasteiger partial charge in [-0.3, -0.25) is 0 Å². The van der Waals surface area contributed by atoms with E-state index in [1.165, 1.54) is 0 Å². The molecule has 1 aromatic heterocycles. The number of hydrogen-bond acceptors (Lipinski definition) is 3. The normalized spacial score (nSPS) is 14.5. The molecular weight excluding hydrogens is 166 g/mol. The fourth-order valence-electron chi connectivity index (χ4n) is 0.951. The van der Waals surface area contributed by atoms with E-state index in [0.717, 1.165) is 11.7 Å². The summed E-state index contributed by atoms with van der Waals surface area (Å²) in [5, 5.41) is 8.91. The molecule has 1 N–H and O–H groups in total. The van der Waals surface area contributed by atoms with E-state index in [-0.39, 0.29) is 17.9 Å². The van der Waals surface area contributed by atoms with Crippen LogP contribution in [0, 0.1) is 0 Å². The Hall–Kier alpha value is -0.830. The average Bonchev–Trinajstić information content (AvgIpc) is 2.50. The summed E-state index contributed by atoms with van der Waals surface area (Å²) in [5.41, 5.74) is -0.0621. The number of aliphatic hydroxyl groups excluding tert-OH is 1. The Kier molecular flexibility index (Phi) is 2.76. The molecule has 0 aromatic carbocycles. The first-order valence-corrected chi connectivity index (χ1v) is 4.52. The predicted molar refractivity (Wildman–Crippen MR) is 50.7 cm³/mol. The second kappa shape index (κ2) is 3.50. The lowest BCUT2D eigenvalue weighted by molar-refractivity contribution is 0.251. The van der Waals surface area contributed by atoms with Crippen molar-refractivity contribution in [1.29, 1.82) is 0 Å². The monoisotopic (exact) mass is 183 g/mol. The maximum atomic E-state index is 8.91. The topological polar surface area (TPSA) is 46.3 Å². The van der Waals surface area contributed by atoms with Gasteiger partial charge in [-0.25, -0.2) is 4.98 Å². The molecule has 0 aliphatic rings. The zero-order valence-corrected chi connectivity index (χ0v) is 8.66. The van der Waals surface area contributed by atoms with Crippen LogP contribution in [0.3, 0.4) is 0 Å². The zero-order valence-electron chi connectivity index (χ0n) is 8.66. The Morgan fingerprint density at radius 1 is 1.54 bits per heavy atom. The number of oxazole rings is 1. The highest BCUT2D eigenvalue weighted by atomic mass is 16.4. The molecule has 3 nitrogen and oxygen atoms in total. The van der Waals surface area contributed by atoms with Gasteiger partial charge in [0.15, 0.2) is 5.89 Å². The Balaban J connectivity index is 2.87. The van der Waals surface area contributed by atoms with Gasteiger partial charge in [-0.1, -0.05) is 27.7 Å². The second-order valence-electron chi connectivity index (χ2n) is 4.40. The van der Waals surface area contributed by atoms with Crippen LogP contribution in [0.25, 0.3) is 0 Å². The second-order valence-corrected chi connectivity index (χ2v) is 4.40. The van der Waals surface area contributed by atoms with Crippen LogP contribution in [-0.4, -0.2) is 16.7 Å². The van der Waals surface area contributed by atoms with E-state index < -0.39 is 0 Å². The molecule has 0 fully saturated rings. The molecule has 0 saturated carbocycles. The number of rotatable bonds is 2. The summed E-state index contributed by atoms with van der Waals surface area (Å²) in [5.74, 6) is 1.51. The minimum absolute atomic E-state index is 0.0311. The van der Waals surface area contributed by atoms with Gasteiger partial charge in [-0.2, -0.15) is 0 Å². The molecular formula is C10H17NO2. The molecule has 0 aliphatic heterocycles. The first kappa shape index (κ1) is 10.3. The number of aromatic nitrogens is 1. The molecule has 0 radical (unpaired) electrons. The van der Waals surface area contributed by atoms with Gasteiger partial charge >= 0.3 is 0 Å². The fraction of sp³-hybridized carbons (Fsp3) is 0.700. The first-order chi connectivity index (χ1) is 5.95. The van der Waals surface area contributed by atoms with E-state index in [1.807, 2.05) is 27.7 Å². The quantitative estimate of drug-likeness (QED) is 0.763. The molecule has 0 aliphatic carbocycles. The third-order valence-electron chi connectivity index (χ3n) is 1.92. The van der Waals surface area contributed by atoms with Crippen molar-refractivity contribution in [3.05, 3.63) is 17.8 Å². The summed E-state index contributed by atoms with van der Waals surface area (Å²) in [4.78, 5) is 4.18. The minimum Gasteiger partial charge on any atom is -0.445 e. The third kappa shape index (κ3) is 2.31. The molecule has 1 heterocycles. The lowest BCUT2D eigenvalue weighted by Gasteiger charge is -2.12. The van der Waals surface area contributed by atoms with Crippen LogP contribution >= 0.6 is 0 Å². The predicted octanol–water partition coefficient (Wildman–Crippen LogP) is 2.07. The molecule has 1 aromatic rings. The van der Waals surface area contributed by atoms with Crippen molar-refractivity contribution in [3.8, 4) is 0 Å². The standard InChI is InChI=1S/C10H17NO2/c1-7(6-12)8-5-11-9(13-8)10(2,3)4/h5,7,12H,6H2,1-4H3. The number of nitrogens with zero attached hydrogens (tertiary/aromatic N) is 1. The minimum atomic E-state index is -0.0621. The van der Waals surface area contributed by atoms with E-state index in [4.69, 9.17) is 9.52 Å². The average molecular weight is 183 g/mol. The van der Waals surface area contributed by atoms with Crippen LogP contribution in [0.4, 0.5) is 0 Å². The van der Waals surface area contributed by atoms with Crippen molar-refractivity contribution in [2.75, 3.05) is 6.61 Å². The van der Waals surface area contributed by atoms with E-state index in [0.29, 0.717) is 0 Å². The molecule has 3 heteroatoms. The van der Waals surface area contributed by atoms with Gasteiger partial charge in [0.05, 0.1) is 12.8 Å². The van der Waals surface area contributed by atoms with E-state index in [2.05, 4.69) is 4.98 Å². The molecule has 0 bridgehead atoms. The number of hydrogen-bond donors (Lipinski definition) is 1. The van der Waals surface area contributed by atoms with Crippen molar-refractivity contribution in [2.45, 2.75) is 39.0 Å². The maximum absolute atomic E-state index is 8.91. The molecule has 1 rings (SSSR count). The maximum Gasteiger partial charge on any atom is 0.199 e. The Morgan fingerprint density at radius 3 is 2.54 bits per heavy atom. The van der Waals surface area contributed by atoms with Crippen molar-refractivity contribution >= 4 is 0 Å². The number of aliphatic hydroxyl groups is 1. The summed E-state index contributed by atoms with van der Waals surface area (Å²) >= 11 is 0. The van der Waals surface area contributed by atoms with E-state index in [9.17, 15) is 0 Å². The van der Waals surface area contributed by atoms with Gasteiger partial charge in [-0.05, 0) is 0 Å². The van der Waals surface area contributed by atoms with Gasteiger partial charge in [0.25, 0.3) is 0 Å². The lowest BCUT2D eigenvalue weighted by Crippen LogP contribution is -2.11. The largest absolute Gasteiger partial charge is 0.445 e. The molecule has 13 heavy (non-hydrogen) atoms. The molecule has 0 saturated heterocycles. The van der Waals surface area contributed by atoms with Crippen molar-refractivity contribution in [1.82, 2.24) is 4.98 Å². The van der Waals surface area contributed by atoms with E-state index >= 15 is 0 Å². The van der Waals surface area contributed by atoms with Crippen molar-refractivity contribution in [2.24, 2.45) is 0 Å². The van der Waals surface area contributed by atoms with Crippen LogP contribution in [0.15, 0.2) is 10.6 Å². The summed E-state index contributed by atoms with van der Waals surface area (Å²) < 4.78 is 5.53. The smallest absolute Gasteiger partial charge is 0.199 e. The Labute approximate surface area is 78.8 Å². The van der Waals surface area contributed by atoms with Gasteiger partial charge in [-0.15, -0.1) is 0 Å². The first-order valence-electron chi connectivity index (χ1n) is 4.52. The molecule has 0 amide bonds. The van der Waals surface area contributed by atoms with Gasteiger partial charge in [0.1, 0.15) is 5.76 Å². The van der Waals surface area contributed by atoms with Crippen LogP contribution in [0.2, 0.25) is 0 Å². The summed E-state index contributed by atoms with van der Waals surface area (Å²) in [6.45, 7) is 8.15. The SMILES string of the molecule is CC(CO)c1cnc(C(C)(C)C)o1. The van der Waals surface area contributed by atoms with E-state index in [1.54, 1.807) is 6.20 Å². The van der Waals surface area contributed by atoms with Gasteiger partial charge in [0.2, 0.25) is 0 Å². The lowest BCUT2D eigenvalue weighted by atomic mass is 9.97. The van der Waals surface area contributed by atoms with Gasteiger partial charge < -0.3 is 9.52 Å². The highest BCUT2D eigenvalue weighted by Gasteiger charge is 2.21. The van der Waals surface area contributed by atoms with Crippen LogP contribution in [0.1, 0.15) is 45.3 Å². The summed E-state index contributed by atoms with van der Waals surface area (Å²) in [6, 6.07) is 0. The van der Waals surface area contributed by atoms with Crippen molar-refractivity contribution in [3.63, 3.8) is 0 Å². The summed E-state index contributed by atoms with van der Waals surface area (Å²) in [6.07, 6.45) is 1.70. The van der Waals surface area contributed by atoms with Crippen molar-refractivity contribution < 1.29 is 9.52 Å². The molecule has 0 spiro atoms. The Morgan fingerprint density at radius 2 is 2.15 bits per heavy atom. The Bertz CT molecular complexity index is 273. The van der Waals surface area contributed by atoms with Crippen LogP contribution in [-0.2, 0) is 5.41 Å². The molecule has 1 atom stereocenters.